The molecule has 1 saturated heterocycles. The van der Waals surface area contributed by atoms with Gasteiger partial charge in [-0.1, -0.05) is 12.1 Å². The second-order valence-corrected chi connectivity index (χ2v) is 5.34. The van der Waals surface area contributed by atoms with Crippen LogP contribution in [0.4, 0.5) is 5.69 Å². The lowest BCUT2D eigenvalue weighted by atomic mass is 10.1. The van der Waals surface area contributed by atoms with Crippen molar-refractivity contribution in [1.82, 2.24) is 5.32 Å². The summed E-state index contributed by atoms with van der Waals surface area (Å²) in [6.45, 7) is 1.00. The minimum atomic E-state index is -0.347. The molecule has 0 unspecified atom stereocenters. The number of nitrogens with two attached hydrogens (primary N) is 1. The molecule has 0 spiro atoms. The number of nitrogens with zero attached hydrogens (tertiary/aromatic N) is 1. The van der Waals surface area contributed by atoms with Crippen LogP contribution in [0.1, 0.15) is 18.4 Å². The minimum Gasteiger partial charge on any atom is -0.378 e. The number of rotatable bonds is 5. The molecule has 1 aromatic rings. The molecule has 7 heteroatoms. The van der Waals surface area contributed by atoms with Crippen LogP contribution in [0.25, 0.3) is 0 Å². The van der Waals surface area contributed by atoms with Crippen LogP contribution < -0.4 is 16.0 Å². The Morgan fingerprint density at radius 2 is 2.09 bits per heavy atom. The van der Waals surface area contributed by atoms with Crippen molar-refractivity contribution < 1.29 is 9.53 Å². The minimum absolute atomic E-state index is 0. The van der Waals surface area contributed by atoms with E-state index in [1.165, 1.54) is 0 Å². The van der Waals surface area contributed by atoms with Crippen LogP contribution in [0.15, 0.2) is 24.3 Å². The van der Waals surface area contributed by atoms with Crippen LogP contribution in [0.3, 0.4) is 0 Å². The van der Waals surface area contributed by atoms with E-state index < -0.39 is 0 Å². The maximum absolute atomic E-state index is 12.0. The molecule has 0 radical (unpaired) electrons. The molecule has 3 N–H and O–H groups in total. The summed E-state index contributed by atoms with van der Waals surface area (Å²) >= 11 is 0. The first-order valence-electron chi connectivity index (χ1n) is 6.99. The lowest BCUT2D eigenvalue weighted by molar-refractivity contribution is -0.132. The molecule has 5 nitrogen and oxygen atoms in total. The molecular weight excluding hydrogens is 325 g/mol. The number of anilines is 1. The predicted octanol–water partition coefficient (Wildman–Crippen LogP) is 1.72. The zero-order valence-electron chi connectivity index (χ0n) is 13.0. The van der Waals surface area contributed by atoms with Crippen molar-refractivity contribution in [3.05, 3.63) is 29.8 Å². The van der Waals surface area contributed by atoms with Crippen molar-refractivity contribution in [2.24, 2.45) is 5.73 Å². The fraction of sp³-hybridized carbons (Fsp3) is 0.533. The SMILES string of the molecule is CN(C)c1cccc(CNC(=O)[C@@H]2CC[C@H](CN)O2)c1.Cl.Cl. The maximum atomic E-state index is 12.0. The fourth-order valence-electron chi connectivity index (χ4n) is 2.32. The summed E-state index contributed by atoms with van der Waals surface area (Å²) in [5.74, 6) is -0.0452. The smallest absolute Gasteiger partial charge is 0.249 e. The van der Waals surface area contributed by atoms with Crippen molar-refractivity contribution >= 4 is 36.4 Å². The lowest BCUT2D eigenvalue weighted by Crippen LogP contribution is -2.35. The lowest BCUT2D eigenvalue weighted by Gasteiger charge is -2.15. The zero-order chi connectivity index (χ0) is 14.5. The first-order valence-corrected chi connectivity index (χ1v) is 6.99. The molecule has 1 heterocycles. The third kappa shape index (κ3) is 5.65. The number of ether oxygens (including phenoxy) is 1. The Balaban J connectivity index is 0.00000220. The van der Waals surface area contributed by atoms with E-state index in [0.717, 1.165) is 24.1 Å². The van der Waals surface area contributed by atoms with E-state index in [9.17, 15) is 4.79 Å². The highest BCUT2D eigenvalue weighted by molar-refractivity contribution is 5.85. The molecule has 1 amide bonds. The summed E-state index contributed by atoms with van der Waals surface area (Å²) in [6, 6.07) is 8.11. The van der Waals surface area contributed by atoms with Crippen molar-refractivity contribution in [2.45, 2.75) is 31.6 Å². The normalized spacial score (nSPS) is 19.8. The molecule has 1 aliphatic heterocycles. The summed E-state index contributed by atoms with van der Waals surface area (Å²) in [7, 11) is 3.99. The number of carbonyl (C=O) groups is 1. The molecule has 1 fully saturated rings. The average Bonchev–Trinajstić information content (AvgIpc) is 2.94. The molecule has 22 heavy (non-hydrogen) atoms. The molecule has 0 aliphatic carbocycles. The number of benzene rings is 1. The summed E-state index contributed by atoms with van der Waals surface area (Å²) in [4.78, 5) is 14.1. The van der Waals surface area contributed by atoms with Gasteiger partial charge in [0.05, 0.1) is 6.10 Å². The maximum Gasteiger partial charge on any atom is 0.249 e. The van der Waals surface area contributed by atoms with Gasteiger partial charge in [-0.15, -0.1) is 24.8 Å². The van der Waals surface area contributed by atoms with Gasteiger partial charge in [0.15, 0.2) is 0 Å². The molecule has 2 rings (SSSR count). The van der Waals surface area contributed by atoms with Gasteiger partial charge in [0.2, 0.25) is 5.91 Å². The number of halogens is 2. The van der Waals surface area contributed by atoms with Gasteiger partial charge in [0.1, 0.15) is 6.10 Å². The zero-order valence-corrected chi connectivity index (χ0v) is 14.6. The van der Waals surface area contributed by atoms with Gasteiger partial charge in [-0.25, -0.2) is 0 Å². The fourth-order valence-corrected chi connectivity index (χ4v) is 2.32. The Kier molecular flexibility index (Phi) is 9.44. The summed E-state index contributed by atoms with van der Waals surface area (Å²) in [5.41, 5.74) is 7.75. The quantitative estimate of drug-likeness (QED) is 0.849. The average molecular weight is 350 g/mol. The van der Waals surface area contributed by atoms with Crippen LogP contribution >= 0.6 is 24.8 Å². The van der Waals surface area contributed by atoms with Gasteiger partial charge in [0, 0.05) is 32.9 Å². The predicted molar refractivity (Wildman–Crippen MR) is 94.1 cm³/mol. The van der Waals surface area contributed by atoms with Crippen LogP contribution in [-0.2, 0) is 16.1 Å². The van der Waals surface area contributed by atoms with Crippen molar-refractivity contribution in [3.8, 4) is 0 Å². The van der Waals surface area contributed by atoms with Crippen LogP contribution in [0.5, 0.6) is 0 Å². The van der Waals surface area contributed by atoms with Crippen LogP contribution in [-0.4, -0.2) is 38.8 Å². The first kappa shape index (κ1) is 21.0. The van der Waals surface area contributed by atoms with E-state index >= 15 is 0 Å². The molecule has 126 valence electrons. The molecule has 0 bridgehead atoms. The van der Waals surface area contributed by atoms with Gasteiger partial charge in [-0.3, -0.25) is 4.79 Å². The topological polar surface area (TPSA) is 67.6 Å². The van der Waals surface area contributed by atoms with Gasteiger partial charge >= 0.3 is 0 Å². The molecule has 1 aromatic carbocycles. The van der Waals surface area contributed by atoms with Crippen LogP contribution in [0, 0.1) is 0 Å². The number of hydrogen-bond donors (Lipinski definition) is 2. The highest BCUT2D eigenvalue weighted by Gasteiger charge is 2.29. The number of nitrogens with one attached hydrogen (secondary N) is 1. The Morgan fingerprint density at radius 3 is 2.68 bits per heavy atom. The third-order valence-electron chi connectivity index (χ3n) is 3.56. The Morgan fingerprint density at radius 1 is 1.36 bits per heavy atom. The van der Waals surface area contributed by atoms with E-state index in [1.807, 2.05) is 37.2 Å². The Hall–Kier alpha value is -1.01. The largest absolute Gasteiger partial charge is 0.378 e. The molecule has 0 saturated carbocycles. The van der Waals surface area contributed by atoms with E-state index in [-0.39, 0.29) is 42.9 Å². The molecule has 2 atom stereocenters. The molecule has 1 aliphatic rings. The van der Waals surface area contributed by atoms with E-state index in [1.54, 1.807) is 0 Å². The highest BCUT2D eigenvalue weighted by atomic mass is 35.5. The van der Waals surface area contributed by atoms with Gasteiger partial charge < -0.3 is 20.7 Å². The first-order chi connectivity index (χ1) is 9.60. The summed E-state index contributed by atoms with van der Waals surface area (Å²) < 4.78 is 5.58. The standard InChI is InChI=1S/C15H23N3O2.2ClH/c1-18(2)12-5-3-4-11(8-12)10-17-15(19)14-7-6-13(9-16)20-14;;/h3-5,8,13-14H,6-7,9-10,16H2,1-2H3,(H,17,19);2*1H/t13-,14+;;/m1../s1. The van der Waals surface area contributed by atoms with E-state index in [0.29, 0.717) is 13.1 Å². The summed E-state index contributed by atoms with van der Waals surface area (Å²) in [6.07, 6.45) is 1.30. The monoisotopic (exact) mass is 349 g/mol. The van der Waals surface area contributed by atoms with Gasteiger partial charge in [-0.05, 0) is 30.5 Å². The number of amides is 1. The third-order valence-corrected chi connectivity index (χ3v) is 3.56. The van der Waals surface area contributed by atoms with Gasteiger partial charge in [0.25, 0.3) is 0 Å². The van der Waals surface area contributed by atoms with E-state index in [4.69, 9.17) is 10.5 Å². The van der Waals surface area contributed by atoms with Crippen molar-refractivity contribution in [3.63, 3.8) is 0 Å². The molecule has 0 aromatic heterocycles. The van der Waals surface area contributed by atoms with E-state index in [2.05, 4.69) is 11.4 Å². The van der Waals surface area contributed by atoms with Crippen molar-refractivity contribution in [1.29, 1.82) is 0 Å². The Labute approximate surface area is 144 Å². The molecular formula is C15H25Cl2N3O2. The Bertz CT molecular complexity index is 472. The summed E-state index contributed by atoms with van der Waals surface area (Å²) in [5, 5.41) is 2.93. The number of carbonyl (C=O) groups excluding carboxylic acids is 1. The van der Waals surface area contributed by atoms with Gasteiger partial charge in [-0.2, -0.15) is 0 Å². The van der Waals surface area contributed by atoms with Crippen molar-refractivity contribution in [2.75, 3.05) is 25.5 Å². The second kappa shape index (κ2) is 9.90. The highest BCUT2D eigenvalue weighted by Crippen LogP contribution is 2.19. The number of hydrogen-bond acceptors (Lipinski definition) is 4. The van der Waals surface area contributed by atoms with Crippen LogP contribution in [0.2, 0.25) is 0 Å². The second-order valence-electron chi connectivity index (χ2n) is 5.34.